The van der Waals surface area contributed by atoms with Gasteiger partial charge in [-0.15, -0.1) is 0 Å². The molecule has 0 aliphatic carbocycles. The first-order valence-corrected chi connectivity index (χ1v) is 9.02. The van der Waals surface area contributed by atoms with Gasteiger partial charge in [-0.25, -0.2) is 4.68 Å². The first kappa shape index (κ1) is 17.1. The smallest absolute Gasteiger partial charge is 0.253 e. The standard InChI is InChI=1S/C22H21N3O2/c1-3-20-19(18-7-4-5-8-21(18)27-20)15-24(2)22(26)16-9-11-17(12-10-16)25-14-6-13-23-25/h4-14H,3,15H2,1-2H3. The van der Waals surface area contributed by atoms with Crippen molar-refractivity contribution in [3.63, 3.8) is 0 Å². The van der Waals surface area contributed by atoms with Crippen LogP contribution in [0.25, 0.3) is 16.7 Å². The van der Waals surface area contributed by atoms with Crippen LogP contribution in [0.1, 0.15) is 28.6 Å². The van der Waals surface area contributed by atoms with Crippen molar-refractivity contribution in [2.24, 2.45) is 0 Å². The average molecular weight is 359 g/mol. The molecule has 0 aliphatic rings. The summed E-state index contributed by atoms with van der Waals surface area (Å²) in [6, 6.07) is 17.3. The lowest BCUT2D eigenvalue weighted by atomic mass is 10.1. The fraction of sp³-hybridized carbons (Fsp3) is 0.182. The minimum atomic E-state index is -0.0191. The van der Waals surface area contributed by atoms with Crippen LogP contribution in [0, 0.1) is 0 Å². The van der Waals surface area contributed by atoms with Crippen molar-refractivity contribution in [3.05, 3.63) is 83.9 Å². The molecule has 136 valence electrons. The van der Waals surface area contributed by atoms with Gasteiger partial charge in [-0.1, -0.05) is 25.1 Å². The SMILES string of the molecule is CCc1oc2ccccc2c1CN(C)C(=O)c1ccc(-n2cccn2)cc1. The van der Waals surface area contributed by atoms with Gasteiger partial charge < -0.3 is 9.32 Å². The highest BCUT2D eigenvalue weighted by Gasteiger charge is 2.18. The fourth-order valence-corrected chi connectivity index (χ4v) is 3.32. The third-order valence-electron chi connectivity index (χ3n) is 4.73. The predicted octanol–water partition coefficient (Wildman–Crippen LogP) is 4.45. The average Bonchev–Trinajstić information content (AvgIpc) is 3.36. The highest BCUT2D eigenvalue weighted by molar-refractivity contribution is 5.94. The van der Waals surface area contributed by atoms with E-state index in [9.17, 15) is 4.79 Å². The Morgan fingerprint density at radius 3 is 2.59 bits per heavy atom. The Balaban J connectivity index is 1.56. The van der Waals surface area contributed by atoms with E-state index in [1.807, 2.05) is 67.8 Å². The van der Waals surface area contributed by atoms with E-state index in [2.05, 4.69) is 12.0 Å². The molecule has 0 saturated heterocycles. The van der Waals surface area contributed by atoms with E-state index in [1.54, 1.807) is 15.8 Å². The number of carbonyl (C=O) groups is 1. The van der Waals surface area contributed by atoms with Crippen LogP contribution >= 0.6 is 0 Å². The molecular formula is C22H21N3O2. The van der Waals surface area contributed by atoms with Gasteiger partial charge in [0.05, 0.1) is 5.69 Å². The number of rotatable bonds is 5. The summed E-state index contributed by atoms with van der Waals surface area (Å²) >= 11 is 0. The zero-order valence-corrected chi connectivity index (χ0v) is 15.4. The van der Waals surface area contributed by atoms with Crippen LogP contribution in [0.2, 0.25) is 0 Å². The summed E-state index contributed by atoms with van der Waals surface area (Å²) in [5.74, 6) is 0.916. The second-order valence-corrected chi connectivity index (χ2v) is 6.51. The Kier molecular flexibility index (Phi) is 4.50. The van der Waals surface area contributed by atoms with Crippen molar-refractivity contribution in [1.29, 1.82) is 0 Å². The van der Waals surface area contributed by atoms with Crippen LogP contribution in [0.5, 0.6) is 0 Å². The molecule has 0 spiro atoms. The van der Waals surface area contributed by atoms with E-state index >= 15 is 0 Å². The summed E-state index contributed by atoms with van der Waals surface area (Å²) in [5.41, 5.74) is 3.53. The molecule has 1 amide bonds. The number of fused-ring (bicyclic) bond motifs is 1. The number of nitrogens with zero attached hydrogens (tertiary/aromatic N) is 3. The molecule has 0 fully saturated rings. The van der Waals surface area contributed by atoms with Crippen molar-refractivity contribution >= 4 is 16.9 Å². The molecule has 2 aromatic carbocycles. The molecule has 0 aliphatic heterocycles. The third kappa shape index (κ3) is 3.24. The molecule has 27 heavy (non-hydrogen) atoms. The Morgan fingerprint density at radius 2 is 1.89 bits per heavy atom. The molecule has 0 saturated carbocycles. The highest BCUT2D eigenvalue weighted by atomic mass is 16.3. The molecule has 0 radical (unpaired) electrons. The van der Waals surface area contributed by atoms with Crippen molar-refractivity contribution in [2.75, 3.05) is 7.05 Å². The van der Waals surface area contributed by atoms with E-state index in [1.165, 1.54) is 0 Å². The molecule has 0 bridgehead atoms. The zero-order valence-electron chi connectivity index (χ0n) is 15.4. The Hall–Kier alpha value is -3.34. The quantitative estimate of drug-likeness (QED) is 0.529. The number of amides is 1. The minimum absolute atomic E-state index is 0.0191. The second-order valence-electron chi connectivity index (χ2n) is 6.51. The minimum Gasteiger partial charge on any atom is -0.461 e. The number of hydrogen-bond acceptors (Lipinski definition) is 3. The second kappa shape index (κ2) is 7.11. The van der Waals surface area contributed by atoms with Crippen LogP contribution < -0.4 is 0 Å². The number of aryl methyl sites for hydroxylation is 1. The van der Waals surface area contributed by atoms with Gasteiger partial charge in [0.1, 0.15) is 11.3 Å². The summed E-state index contributed by atoms with van der Waals surface area (Å²) in [6.45, 7) is 2.58. The normalized spacial score (nSPS) is 11.0. The monoisotopic (exact) mass is 359 g/mol. The maximum atomic E-state index is 12.9. The van der Waals surface area contributed by atoms with Crippen molar-refractivity contribution in [3.8, 4) is 5.69 Å². The number of carbonyl (C=O) groups excluding carboxylic acids is 1. The summed E-state index contributed by atoms with van der Waals surface area (Å²) in [6.07, 6.45) is 4.40. The molecule has 4 aromatic rings. The molecular weight excluding hydrogens is 338 g/mol. The molecule has 0 unspecified atom stereocenters. The van der Waals surface area contributed by atoms with Gasteiger partial charge in [-0.3, -0.25) is 4.79 Å². The van der Waals surface area contributed by atoms with E-state index in [-0.39, 0.29) is 5.91 Å². The van der Waals surface area contributed by atoms with Crippen LogP contribution in [0.15, 0.2) is 71.4 Å². The first-order valence-electron chi connectivity index (χ1n) is 9.02. The van der Waals surface area contributed by atoms with Crippen LogP contribution in [-0.2, 0) is 13.0 Å². The van der Waals surface area contributed by atoms with Crippen molar-refractivity contribution < 1.29 is 9.21 Å². The third-order valence-corrected chi connectivity index (χ3v) is 4.73. The maximum absolute atomic E-state index is 12.9. The number of aromatic nitrogens is 2. The topological polar surface area (TPSA) is 51.3 Å². The van der Waals surface area contributed by atoms with E-state index < -0.39 is 0 Å². The largest absolute Gasteiger partial charge is 0.461 e. The van der Waals surface area contributed by atoms with Crippen LogP contribution in [-0.4, -0.2) is 27.6 Å². The lowest BCUT2D eigenvalue weighted by Gasteiger charge is -2.17. The molecule has 2 heterocycles. The van der Waals surface area contributed by atoms with Gasteiger partial charge >= 0.3 is 0 Å². The van der Waals surface area contributed by atoms with Gasteiger partial charge in [0.2, 0.25) is 0 Å². The summed E-state index contributed by atoms with van der Waals surface area (Å²) in [4.78, 5) is 14.6. The molecule has 0 atom stereocenters. The van der Waals surface area contributed by atoms with Gasteiger partial charge in [-0.2, -0.15) is 5.10 Å². The maximum Gasteiger partial charge on any atom is 0.253 e. The number of para-hydroxylation sites is 1. The van der Waals surface area contributed by atoms with Crippen molar-refractivity contribution in [1.82, 2.24) is 14.7 Å². The fourth-order valence-electron chi connectivity index (χ4n) is 3.32. The Bertz CT molecular complexity index is 1060. The van der Waals surface area contributed by atoms with Crippen LogP contribution in [0.3, 0.4) is 0 Å². The lowest BCUT2D eigenvalue weighted by Crippen LogP contribution is -2.26. The first-order chi connectivity index (χ1) is 13.2. The van der Waals surface area contributed by atoms with Gasteiger partial charge in [-0.05, 0) is 36.4 Å². The number of furan rings is 1. The molecule has 5 heteroatoms. The Morgan fingerprint density at radius 1 is 1.11 bits per heavy atom. The van der Waals surface area contributed by atoms with Gasteiger partial charge in [0, 0.05) is 48.9 Å². The molecule has 5 nitrogen and oxygen atoms in total. The number of hydrogen-bond donors (Lipinski definition) is 0. The predicted molar refractivity (Wildman–Crippen MR) is 105 cm³/mol. The number of benzene rings is 2. The van der Waals surface area contributed by atoms with E-state index in [4.69, 9.17) is 4.42 Å². The van der Waals surface area contributed by atoms with E-state index in [0.717, 1.165) is 34.4 Å². The van der Waals surface area contributed by atoms with Crippen molar-refractivity contribution in [2.45, 2.75) is 19.9 Å². The molecule has 2 aromatic heterocycles. The summed E-state index contributed by atoms with van der Waals surface area (Å²) in [5, 5.41) is 5.28. The Labute approximate surface area is 157 Å². The highest BCUT2D eigenvalue weighted by Crippen LogP contribution is 2.27. The van der Waals surface area contributed by atoms with Gasteiger partial charge in [0.25, 0.3) is 5.91 Å². The molecule has 0 N–H and O–H groups in total. The van der Waals surface area contributed by atoms with Crippen LogP contribution in [0.4, 0.5) is 0 Å². The zero-order chi connectivity index (χ0) is 18.8. The summed E-state index contributed by atoms with van der Waals surface area (Å²) in [7, 11) is 1.82. The van der Waals surface area contributed by atoms with E-state index in [0.29, 0.717) is 12.1 Å². The lowest BCUT2D eigenvalue weighted by molar-refractivity contribution is 0.0785. The summed E-state index contributed by atoms with van der Waals surface area (Å²) < 4.78 is 7.71. The van der Waals surface area contributed by atoms with Gasteiger partial charge in [0.15, 0.2) is 0 Å². The molecule has 4 rings (SSSR count).